The molecule has 0 spiro atoms. The Morgan fingerprint density at radius 3 is 2.83 bits per heavy atom. The molecule has 1 N–H and O–H groups in total. The van der Waals surface area contributed by atoms with Gasteiger partial charge in [-0.2, -0.15) is 0 Å². The molecule has 1 aliphatic rings. The number of benzene rings is 1. The number of halogens is 2. The van der Waals surface area contributed by atoms with Gasteiger partial charge < -0.3 is 14.6 Å². The summed E-state index contributed by atoms with van der Waals surface area (Å²) >= 11 is 5.74. The van der Waals surface area contributed by atoms with Crippen molar-refractivity contribution >= 4 is 23.2 Å². The molecular weight excluding hydrogens is 335 g/mol. The number of carbonyl (C=O) groups is 1. The van der Waals surface area contributed by atoms with Crippen LogP contribution in [-0.4, -0.2) is 17.6 Å². The highest BCUT2D eigenvalue weighted by molar-refractivity contribution is 6.31. The number of hydrogen-bond acceptors (Lipinski definition) is 3. The van der Waals surface area contributed by atoms with Gasteiger partial charge in [0.2, 0.25) is 0 Å². The SMILES string of the molecule is COc1cc(=O)n2c(c1C(=O)Nc1ccc(F)c(Cl)c1)CCCC2. The maximum absolute atomic E-state index is 13.2. The van der Waals surface area contributed by atoms with Crippen molar-refractivity contribution in [1.82, 2.24) is 4.57 Å². The average molecular weight is 351 g/mol. The highest BCUT2D eigenvalue weighted by Crippen LogP contribution is 2.27. The van der Waals surface area contributed by atoms with Crippen molar-refractivity contribution in [2.45, 2.75) is 25.8 Å². The molecule has 2 aromatic rings. The Morgan fingerprint density at radius 2 is 2.12 bits per heavy atom. The normalized spacial score (nSPS) is 13.3. The first-order chi connectivity index (χ1) is 11.5. The fourth-order valence-electron chi connectivity index (χ4n) is 2.91. The zero-order chi connectivity index (χ0) is 17.3. The van der Waals surface area contributed by atoms with E-state index in [1.807, 2.05) is 0 Å². The molecule has 0 radical (unpaired) electrons. The van der Waals surface area contributed by atoms with E-state index < -0.39 is 11.7 Å². The molecule has 126 valence electrons. The van der Waals surface area contributed by atoms with Crippen molar-refractivity contribution in [2.24, 2.45) is 0 Å². The summed E-state index contributed by atoms with van der Waals surface area (Å²) in [5.74, 6) is -0.741. The monoisotopic (exact) mass is 350 g/mol. The molecule has 0 fully saturated rings. The third-order valence-corrected chi connectivity index (χ3v) is 4.34. The number of anilines is 1. The Balaban J connectivity index is 2.02. The Bertz CT molecular complexity index is 864. The third kappa shape index (κ3) is 3.01. The van der Waals surface area contributed by atoms with E-state index in [1.54, 1.807) is 4.57 Å². The van der Waals surface area contributed by atoms with Gasteiger partial charge in [0.25, 0.3) is 11.5 Å². The molecule has 0 unspecified atom stereocenters. The standard InChI is InChI=1S/C17H16ClFN2O3/c1-24-14-9-15(22)21-7-3-2-4-13(21)16(14)17(23)20-10-5-6-12(19)11(18)8-10/h5-6,8-9H,2-4,7H2,1H3,(H,20,23). The van der Waals surface area contributed by atoms with Crippen LogP contribution in [0.25, 0.3) is 0 Å². The number of amides is 1. The lowest BCUT2D eigenvalue weighted by Crippen LogP contribution is -2.30. The molecular formula is C17H16ClFN2O3. The van der Waals surface area contributed by atoms with Crippen LogP contribution >= 0.6 is 11.6 Å². The van der Waals surface area contributed by atoms with E-state index >= 15 is 0 Å². The van der Waals surface area contributed by atoms with Crippen molar-refractivity contribution in [2.75, 3.05) is 12.4 Å². The van der Waals surface area contributed by atoms with E-state index in [0.717, 1.165) is 12.8 Å². The summed E-state index contributed by atoms with van der Waals surface area (Å²) in [5.41, 5.74) is 1.19. The van der Waals surface area contributed by atoms with E-state index in [9.17, 15) is 14.0 Å². The van der Waals surface area contributed by atoms with Crippen LogP contribution in [0, 0.1) is 5.82 Å². The van der Waals surface area contributed by atoms with Crippen LogP contribution in [0.1, 0.15) is 28.9 Å². The molecule has 1 amide bonds. The molecule has 0 saturated carbocycles. The maximum atomic E-state index is 13.2. The number of aromatic nitrogens is 1. The molecule has 1 aliphatic heterocycles. The first kappa shape index (κ1) is 16.5. The number of fused-ring (bicyclic) bond motifs is 1. The molecule has 1 aromatic heterocycles. The smallest absolute Gasteiger partial charge is 0.261 e. The zero-order valence-electron chi connectivity index (χ0n) is 13.1. The number of hydrogen-bond donors (Lipinski definition) is 1. The van der Waals surface area contributed by atoms with Crippen LogP contribution in [0.4, 0.5) is 10.1 Å². The molecule has 0 saturated heterocycles. The summed E-state index contributed by atoms with van der Waals surface area (Å²) < 4.78 is 20.1. The average Bonchev–Trinajstić information content (AvgIpc) is 2.58. The molecule has 0 aliphatic carbocycles. The number of nitrogens with zero attached hydrogens (tertiary/aromatic N) is 1. The predicted molar refractivity (Wildman–Crippen MR) is 89.6 cm³/mol. The van der Waals surface area contributed by atoms with Crippen LogP contribution in [-0.2, 0) is 13.0 Å². The highest BCUT2D eigenvalue weighted by atomic mass is 35.5. The molecule has 5 nitrogen and oxygen atoms in total. The number of nitrogens with one attached hydrogen (secondary N) is 1. The zero-order valence-corrected chi connectivity index (χ0v) is 13.8. The summed E-state index contributed by atoms with van der Waals surface area (Å²) in [6, 6.07) is 5.26. The second-order valence-corrected chi connectivity index (χ2v) is 5.97. The van der Waals surface area contributed by atoms with Crippen molar-refractivity contribution in [3.05, 3.63) is 56.7 Å². The molecule has 0 bridgehead atoms. The second-order valence-electron chi connectivity index (χ2n) is 5.56. The van der Waals surface area contributed by atoms with Gasteiger partial charge in [0.1, 0.15) is 17.1 Å². The summed E-state index contributed by atoms with van der Waals surface area (Å²) in [6.45, 7) is 0.584. The van der Waals surface area contributed by atoms with Crippen molar-refractivity contribution in [3.8, 4) is 5.75 Å². The van der Waals surface area contributed by atoms with Crippen LogP contribution in [0.5, 0.6) is 5.75 Å². The summed E-state index contributed by atoms with van der Waals surface area (Å²) in [7, 11) is 1.42. The molecule has 24 heavy (non-hydrogen) atoms. The van der Waals surface area contributed by atoms with Crippen LogP contribution < -0.4 is 15.6 Å². The van der Waals surface area contributed by atoms with E-state index in [-0.39, 0.29) is 16.3 Å². The number of ether oxygens (including phenoxy) is 1. The van der Waals surface area contributed by atoms with E-state index in [2.05, 4.69) is 5.32 Å². The molecule has 7 heteroatoms. The van der Waals surface area contributed by atoms with Crippen molar-refractivity contribution in [1.29, 1.82) is 0 Å². The number of carbonyl (C=O) groups excluding carboxylic acids is 1. The van der Waals surface area contributed by atoms with Gasteiger partial charge in [0, 0.05) is 24.0 Å². The van der Waals surface area contributed by atoms with Gasteiger partial charge in [-0.3, -0.25) is 9.59 Å². The van der Waals surface area contributed by atoms with Gasteiger partial charge in [-0.15, -0.1) is 0 Å². The molecule has 3 rings (SSSR count). The van der Waals surface area contributed by atoms with Gasteiger partial charge in [0.05, 0.1) is 12.1 Å². The highest BCUT2D eigenvalue weighted by Gasteiger charge is 2.24. The van der Waals surface area contributed by atoms with Crippen LogP contribution in [0.2, 0.25) is 5.02 Å². The first-order valence-corrected chi connectivity index (χ1v) is 7.96. The summed E-state index contributed by atoms with van der Waals surface area (Å²) in [4.78, 5) is 24.9. The summed E-state index contributed by atoms with van der Waals surface area (Å²) in [6.07, 6.45) is 2.42. The number of pyridine rings is 1. The van der Waals surface area contributed by atoms with Gasteiger partial charge in [0.15, 0.2) is 0 Å². The van der Waals surface area contributed by atoms with E-state index in [1.165, 1.54) is 31.4 Å². The van der Waals surface area contributed by atoms with Gasteiger partial charge in [-0.1, -0.05) is 11.6 Å². The lowest BCUT2D eigenvalue weighted by atomic mass is 10.0. The summed E-state index contributed by atoms with van der Waals surface area (Å²) in [5, 5.41) is 2.61. The molecule has 0 atom stereocenters. The second kappa shape index (κ2) is 6.65. The topological polar surface area (TPSA) is 60.3 Å². The van der Waals surface area contributed by atoms with E-state index in [4.69, 9.17) is 16.3 Å². The minimum absolute atomic E-state index is 0.0777. The first-order valence-electron chi connectivity index (χ1n) is 7.58. The third-order valence-electron chi connectivity index (χ3n) is 4.05. The Morgan fingerprint density at radius 1 is 1.33 bits per heavy atom. The van der Waals surface area contributed by atoms with Gasteiger partial charge in [-0.25, -0.2) is 4.39 Å². The quantitative estimate of drug-likeness (QED) is 0.924. The Labute approximate surface area is 143 Å². The lowest BCUT2D eigenvalue weighted by molar-refractivity contribution is 0.102. The van der Waals surface area contributed by atoms with Gasteiger partial charge >= 0.3 is 0 Å². The minimum atomic E-state index is -0.559. The van der Waals surface area contributed by atoms with Crippen molar-refractivity contribution < 1.29 is 13.9 Å². The van der Waals surface area contributed by atoms with Crippen LogP contribution in [0.3, 0.4) is 0 Å². The maximum Gasteiger partial charge on any atom is 0.261 e. The van der Waals surface area contributed by atoms with E-state index in [0.29, 0.717) is 29.9 Å². The number of rotatable bonds is 3. The fourth-order valence-corrected chi connectivity index (χ4v) is 3.09. The number of methoxy groups -OCH3 is 1. The lowest BCUT2D eigenvalue weighted by Gasteiger charge is -2.22. The minimum Gasteiger partial charge on any atom is -0.496 e. The largest absolute Gasteiger partial charge is 0.496 e. The fraction of sp³-hybridized carbons (Fsp3) is 0.294. The van der Waals surface area contributed by atoms with Crippen LogP contribution in [0.15, 0.2) is 29.1 Å². The Kier molecular flexibility index (Phi) is 4.57. The predicted octanol–water partition coefficient (Wildman–Crippen LogP) is 3.24. The molecule has 2 heterocycles. The van der Waals surface area contributed by atoms with Crippen molar-refractivity contribution in [3.63, 3.8) is 0 Å². The molecule has 1 aromatic carbocycles. The Hall–Kier alpha value is -2.34. The van der Waals surface area contributed by atoms with Gasteiger partial charge in [-0.05, 0) is 37.5 Å².